The van der Waals surface area contributed by atoms with Crippen LogP contribution < -0.4 is 15.3 Å². The molecule has 1 aliphatic rings. The van der Waals surface area contributed by atoms with Gasteiger partial charge in [-0.3, -0.25) is 9.98 Å². The van der Waals surface area contributed by atoms with E-state index < -0.39 is 0 Å². The number of fused-ring (bicyclic) bond motifs is 2. The van der Waals surface area contributed by atoms with Crippen LogP contribution >= 0.6 is 0 Å². The van der Waals surface area contributed by atoms with Crippen LogP contribution in [-0.4, -0.2) is 11.2 Å². The molecule has 0 radical (unpaired) electrons. The lowest BCUT2D eigenvalue weighted by atomic mass is 10.1. The fourth-order valence-electron chi connectivity index (χ4n) is 2.70. The number of allylic oxidation sites excluding steroid dienone is 3. The maximum Gasteiger partial charge on any atom is 0.127 e. The van der Waals surface area contributed by atoms with Crippen molar-refractivity contribution in [1.29, 1.82) is 5.26 Å². The van der Waals surface area contributed by atoms with E-state index in [1.165, 1.54) is 0 Å². The Kier molecular flexibility index (Phi) is 4.54. The lowest BCUT2D eigenvalue weighted by Gasteiger charge is -2.06. The van der Waals surface area contributed by atoms with Gasteiger partial charge in [0.15, 0.2) is 0 Å². The summed E-state index contributed by atoms with van der Waals surface area (Å²) in [4.78, 5) is 13.4. The summed E-state index contributed by atoms with van der Waals surface area (Å²) < 4.78 is 5.65. The fourth-order valence-corrected chi connectivity index (χ4v) is 2.70. The van der Waals surface area contributed by atoms with Crippen molar-refractivity contribution in [3.8, 4) is 11.8 Å². The molecule has 27 heavy (non-hydrogen) atoms. The van der Waals surface area contributed by atoms with Crippen molar-refractivity contribution in [3.63, 3.8) is 0 Å². The predicted octanol–water partition coefficient (Wildman–Crippen LogP) is 3.33. The Morgan fingerprint density at radius 1 is 1.00 bits per heavy atom. The molecule has 0 aliphatic carbocycles. The highest BCUT2D eigenvalue weighted by molar-refractivity contribution is 5.93. The molecule has 0 fully saturated rings. The smallest absolute Gasteiger partial charge is 0.127 e. The average molecular weight is 350 g/mol. The van der Waals surface area contributed by atoms with Gasteiger partial charge in [-0.15, -0.1) is 0 Å². The molecule has 2 bridgehead atoms. The van der Waals surface area contributed by atoms with Gasteiger partial charge in [0.1, 0.15) is 11.8 Å². The third-order valence-corrected chi connectivity index (χ3v) is 3.99. The zero-order valence-electron chi connectivity index (χ0n) is 14.3. The number of para-hydroxylation sites is 1. The minimum atomic E-state index is 0.402. The van der Waals surface area contributed by atoms with E-state index in [1.807, 2.05) is 54.6 Å². The number of hydrogen-bond acceptors (Lipinski definition) is 5. The fraction of sp³-hybridized carbons (Fsp3) is 0. The standard InChI is InChI=1S/C22H14N4O/c23-13-17-15-25-21-9-8-18-12-19(21)22(17)26-20-7-3-2-6-16(20)14-24-10-4-1-5-11-27-18/h1-12,14-15H. The van der Waals surface area contributed by atoms with Gasteiger partial charge in [0, 0.05) is 29.2 Å². The van der Waals surface area contributed by atoms with Crippen LogP contribution in [0.4, 0.5) is 5.69 Å². The molecule has 4 rings (SSSR count). The topological polar surface area (TPSA) is 70.6 Å². The Bertz CT molecular complexity index is 1260. The molecule has 0 saturated carbocycles. The second kappa shape index (κ2) is 7.46. The van der Waals surface area contributed by atoms with Gasteiger partial charge in [-0.2, -0.15) is 5.26 Å². The highest BCUT2D eigenvalue weighted by Gasteiger charge is 2.09. The molecule has 0 saturated heterocycles. The van der Waals surface area contributed by atoms with E-state index in [0.29, 0.717) is 17.0 Å². The van der Waals surface area contributed by atoms with Crippen LogP contribution in [0.5, 0.6) is 5.75 Å². The Morgan fingerprint density at radius 2 is 1.93 bits per heavy atom. The summed E-state index contributed by atoms with van der Waals surface area (Å²) in [6.45, 7) is 0. The summed E-state index contributed by atoms with van der Waals surface area (Å²) in [6, 6.07) is 15.4. The quantitative estimate of drug-likeness (QED) is 0.624. The van der Waals surface area contributed by atoms with Crippen molar-refractivity contribution < 1.29 is 4.74 Å². The molecule has 5 nitrogen and oxygen atoms in total. The van der Waals surface area contributed by atoms with Gasteiger partial charge in [0.2, 0.25) is 0 Å². The van der Waals surface area contributed by atoms with Crippen molar-refractivity contribution in [2.24, 2.45) is 9.98 Å². The van der Waals surface area contributed by atoms with Crippen LogP contribution in [0.25, 0.3) is 17.1 Å². The van der Waals surface area contributed by atoms with E-state index in [9.17, 15) is 5.26 Å². The average Bonchev–Trinajstić information content (AvgIpc) is 2.71. The Morgan fingerprint density at radius 3 is 2.85 bits per heavy atom. The summed E-state index contributed by atoms with van der Waals surface area (Å²) in [5.74, 6) is 0.642. The molecule has 2 heterocycles. The van der Waals surface area contributed by atoms with Crippen molar-refractivity contribution in [3.05, 3.63) is 89.3 Å². The van der Waals surface area contributed by atoms with E-state index in [-0.39, 0.29) is 0 Å². The van der Waals surface area contributed by atoms with Crippen LogP contribution in [0.3, 0.4) is 0 Å². The number of ether oxygens (including phenoxy) is 1. The van der Waals surface area contributed by atoms with Crippen molar-refractivity contribution in [2.75, 3.05) is 0 Å². The molecule has 0 unspecified atom stereocenters. The molecule has 0 spiro atoms. The molecule has 1 aliphatic heterocycles. The van der Waals surface area contributed by atoms with Crippen molar-refractivity contribution in [1.82, 2.24) is 4.98 Å². The second-order valence-corrected chi connectivity index (χ2v) is 5.74. The molecule has 5 heteroatoms. The summed E-state index contributed by atoms with van der Waals surface area (Å²) in [5, 5.41) is 11.9. The van der Waals surface area contributed by atoms with Gasteiger partial charge in [0.25, 0.3) is 0 Å². The van der Waals surface area contributed by atoms with E-state index in [2.05, 4.69) is 16.0 Å². The first-order chi connectivity index (χ1) is 13.3. The molecule has 3 aromatic rings. The SMILES string of the molecule is N#Cc1cnc2ccc3cc2c1N=c1ccccc1=CN=CC=CC=CO3. The van der Waals surface area contributed by atoms with Crippen LogP contribution in [0.15, 0.2) is 83.1 Å². The van der Waals surface area contributed by atoms with E-state index in [4.69, 9.17) is 9.73 Å². The first kappa shape index (κ1) is 16.4. The number of rotatable bonds is 0. The van der Waals surface area contributed by atoms with E-state index in [0.717, 1.165) is 21.5 Å². The van der Waals surface area contributed by atoms with Crippen LogP contribution in [0.1, 0.15) is 5.56 Å². The van der Waals surface area contributed by atoms with Gasteiger partial charge >= 0.3 is 0 Å². The number of aliphatic imine (C=N–C) groups is 1. The molecular formula is C22H14N4O. The number of hydrogen-bond donors (Lipinski definition) is 0. The maximum absolute atomic E-state index is 9.55. The Hall–Kier alpha value is -4.04. The zero-order valence-corrected chi connectivity index (χ0v) is 14.3. The monoisotopic (exact) mass is 350 g/mol. The molecule has 0 amide bonds. The zero-order chi connectivity index (χ0) is 18.5. The number of pyridine rings is 1. The molecule has 1 aromatic heterocycles. The lowest BCUT2D eigenvalue weighted by Crippen LogP contribution is -2.23. The van der Waals surface area contributed by atoms with E-state index >= 15 is 0 Å². The van der Waals surface area contributed by atoms with Gasteiger partial charge < -0.3 is 4.74 Å². The van der Waals surface area contributed by atoms with Crippen molar-refractivity contribution >= 4 is 29.0 Å². The minimum Gasteiger partial charge on any atom is -0.465 e. The third-order valence-electron chi connectivity index (χ3n) is 3.99. The normalized spacial score (nSPS) is 12.9. The lowest BCUT2D eigenvalue weighted by molar-refractivity contribution is 0.482. The number of benzene rings is 2. The highest BCUT2D eigenvalue weighted by atomic mass is 16.5. The maximum atomic E-state index is 9.55. The molecular weight excluding hydrogens is 336 g/mol. The molecule has 128 valence electrons. The van der Waals surface area contributed by atoms with Gasteiger partial charge in [-0.05, 0) is 36.4 Å². The molecule has 0 atom stereocenters. The summed E-state index contributed by atoms with van der Waals surface area (Å²) in [5.41, 5.74) is 1.71. The first-order valence-corrected chi connectivity index (χ1v) is 8.33. The van der Waals surface area contributed by atoms with Gasteiger partial charge in [-0.25, -0.2) is 4.99 Å². The minimum absolute atomic E-state index is 0.402. The Labute approximate surface area is 155 Å². The molecule has 0 N–H and O–H groups in total. The summed E-state index contributed by atoms with van der Waals surface area (Å²) in [7, 11) is 0. The number of nitriles is 1. The first-order valence-electron chi connectivity index (χ1n) is 8.33. The highest BCUT2D eigenvalue weighted by Crippen LogP contribution is 2.30. The van der Waals surface area contributed by atoms with Gasteiger partial charge in [-0.1, -0.05) is 24.3 Å². The van der Waals surface area contributed by atoms with Crippen molar-refractivity contribution in [2.45, 2.75) is 0 Å². The Balaban J connectivity index is 2.10. The van der Waals surface area contributed by atoms with Crippen LogP contribution in [-0.2, 0) is 0 Å². The van der Waals surface area contributed by atoms with Gasteiger partial charge in [0.05, 0.1) is 28.4 Å². The largest absolute Gasteiger partial charge is 0.465 e. The van der Waals surface area contributed by atoms with Crippen LogP contribution in [0.2, 0.25) is 0 Å². The number of aromatic nitrogens is 1. The summed E-state index contributed by atoms with van der Waals surface area (Å²) >= 11 is 0. The number of nitrogens with zero attached hydrogens (tertiary/aromatic N) is 4. The van der Waals surface area contributed by atoms with Crippen LogP contribution in [0, 0.1) is 11.3 Å². The second-order valence-electron chi connectivity index (χ2n) is 5.74. The summed E-state index contributed by atoms with van der Waals surface area (Å²) in [6.07, 6.45) is 12.0. The third kappa shape index (κ3) is 3.51. The predicted molar refractivity (Wildman–Crippen MR) is 105 cm³/mol. The van der Waals surface area contributed by atoms with E-state index in [1.54, 1.807) is 30.9 Å². The molecule has 2 aromatic carbocycles.